The molecule has 1 aliphatic carbocycles. The molecule has 4 nitrogen and oxygen atoms in total. The number of halogens is 5. The SMILES string of the molecule is O=c1/c(=C/c2ccc(-c3cccc(C(F)(F)F)c3)o2)sc2n1C(c1ccc(Cl)cc1Cl)C1=C(N=2)c2ccccc2CC1. The smallest absolute Gasteiger partial charge is 0.416 e. The van der Waals surface area contributed by atoms with Gasteiger partial charge in [-0.15, -0.1) is 0 Å². The number of hydrogen-bond acceptors (Lipinski definition) is 4. The molecule has 0 radical (unpaired) electrons. The normalized spacial score (nSPS) is 16.6. The molecule has 2 aliphatic rings. The van der Waals surface area contributed by atoms with Gasteiger partial charge >= 0.3 is 6.18 Å². The van der Waals surface area contributed by atoms with Crippen LogP contribution in [0.1, 0.15) is 40.5 Å². The molecule has 0 amide bonds. The van der Waals surface area contributed by atoms with E-state index in [9.17, 15) is 18.0 Å². The van der Waals surface area contributed by atoms with Gasteiger partial charge in [-0.1, -0.05) is 77.0 Å². The Morgan fingerprint density at radius 3 is 2.62 bits per heavy atom. The molecule has 42 heavy (non-hydrogen) atoms. The highest BCUT2D eigenvalue weighted by molar-refractivity contribution is 7.07. The van der Waals surface area contributed by atoms with Crippen molar-refractivity contribution in [1.82, 2.24) is 4.57 Å². The van der Waals surface area contributed by atoms with Gasteiger partial charge in [-0.3, -0.25) is 9.36 Å². The number of furan rings is 1. The second-order valence-electron chi connectivity index (χ2n) is 10.1. The molecule has 0 bridgehead atoms. The van der Waals surface area contributed by atoms with E-state index in [1.54, 1.807) is 41.0 Å². The van der Waals surface area contributed by atoms with Crippen molar-refractivity contribution < 1.29 is 17.6 Å². The zero-order valence-corrected chi connectivity index (χ0v) is 23.9. The van der Waals surface area contributed by atoms with Gasteiger partial charge in [0.25, 0.3) is 5.56 Å². The van der Waals surface area contributed by atoms with Crippen LogP contribution < -0.4 is 14.9 Å². The highest BCUT2D eigenvalue weighted by atomic mass is 35.5. The first-order valence-corrected chi connectivity index (χ1v) is 14.6. The van der Waals surface area contributed by atoms with Gasteiger partial charge in [-0.05, 0) is 65.9 Å². The van der Waals surface area contributed by atoms with Gasteiger partial charge in [0.15, 0.2) is 4.80 Å². The van der Waals surface area contributed by atoms with Crippen molar-refractivity contribution in [2.45, 2.75) is 25.1 Å². The van der Waals surface area contributed by atoms with E-state index < -0.39 is 17.8 Å². The molecule has 2 aromatic heterocycles. The number of rotatable bonds is 3. The minimum atomic E-state index is -4.47. The second kappa shape index (κ2) is 10.2. The first-order chi connectivity index (χ1) is 20.2. The maximum atomic E-state index is 14.0. The van der Waals surface area contributed by atoms with Gasteiger partial charge in [0.05, 0.1) is 21.8 Å². The van der Waals surface area contributed by atoms with Gasteiger partial charge in [-0.2, -0.15) is 13.2 Å². The number of allylic oxidation sites excluding steroid dienone is 1. The van der Waals surface area contributed by atoms with Crippen molar-refractivity contribution in [2.24, 2.45) is 4.99 Å². The molecule has 3 aromatic carbocycles. The highest BCUT2D eigenvalue weighted by Crippen LogP contribution is 2.43. The first-order valence-electron chi connectivity index (χ1n) is 13.0. The number of benzene rings is 3. The topological polar surface area (TPSA) is 47.5 Å². The van der Waals surface area contributed by atoms with Gasteiger partial charge in [0.1, 0.15) is 11.5 Å². The summed E-state index contributed by atoms with van der Waals surface area (Å²) in [6, 6.07) is 21.0. The monoisotopic (exact) mass is 622 g/mol. The van der Waals surface area contributed by atoms with Crippen LogP contribution in [0.4, 0.5) is 13.2 Å². The van der Waals surface area contributed by atoms with E-state index in [0.29, 0.717) is 31.6 Å². The fraction of sp³-hybridized carbons (Fsp3) is 0.125. The first kappa shape index (κ1) is 27.0. The number of aryl methyl sites for hydroxylation is 1. The summed E-state index contributed by atoms with van der Waals surface area (Å²) in [7, 11) is 0. The number of thiazole rings is 1. The largest absolute Gasteiger partial charge is 0.457 e. The lowest BCUT2D eigenvalue weighted by Crippen LogP contribution is -2.38. The quantitative estimate of drug-likeness (QED) is 0.205. The third-order valence-corrected chi connectivity index (χ3v) is 9.05. The minimum Gasteiger partial charge on any atom is -0.457 e. The van der Waals surface area contributed by atoms with Crippen LogP contribution in [0.2, 0.25) is 10.0 Å². The Bertz CT molecular complexity index is 2110. The number of aromatic nitrogens is 1. The van der Waals surface area contributed by atoms with Crippen LogP contribution in [0.25, 0.3) is 23.1 Å². The summed E-state index contributed by atoms with van der Waals surface area (Å²) >= 11 is 14.1. The predicted molar refractivity (Wildman–Crippen MR) is 158 cm³/mol. The Labute approximate surface area is 251 Å². The van der Waals surface area contributed by atoms with E-state index in [-0.39, 0.29) is 16.9 Å². The van der Waals surface area contributed by atoms with Crippen molar-refractivity contribution in [1.29, 1.82) is 0 Å². The molecule has 7 rings (SSSR count). The van der Waals surface area contributed by atoms with Crippen molar-refractivity contribution in [3.8, 4) is 11.3 Å². The van der Waals surface area contributed by atoms with Crippen LogP contribution in [0, 0.1) is 0 Å². The minimum absolute atomic E-state index is 0.262. The van der Waals surface area contributed by atoms with Crippen LogP contribution in [0.15, 0.2) is 98.6 Å². The van der Waals surface area contributed by atoms with Gasteiger partial charge in [-0.25, -0.2) is 4.99 Å². The lowest BCUT2D eigenvalue weighted by molar-refractivity contribution is -0.137. The van der Waals surface area contributed by atoms with E-state index in [0.717, 1.165) is 41.0 Å². The molecule has 0 spiro atoms. The lowest BCUT2D eigenvalue weighted by Gasteiger charge is -2.31. The van der Waals surface area contributed by atoms with Crippen LogP contribution in [-0.4, -0.2) is 4.57 Å². The molecular formula is C32H19Cl2F3N2O2S. The fourth-order valence-corrected chi connectivity index (χ4v) is 7.08. The Morgan fingerprint density at radius 2 is 1.81 bits per heavy atom. The van der Waals surface area contributed by atoms with Crippen molar-refractivity contribution in [3.63, 3.8) is 0 Å². The average molecular weight is 623 g/mol. The van der Waals surface area contributed by atoms with Crippen molar-refractivity contribution in [3.05, 3.63) is 142 Å². The Hall–Kier alpha value is -3.85. The van der Waals surface area contributed by atoms with Crippen molar-refractivity contribution >= 4 is 46.3 Å². The summed E-state index contributed by atoms with van der Waals surface area (Å²) < 4.78 is 47.6. The zero-order chi connectivity index (χ0) is 29.2. The third kappa shape index (κ3) is 4.64. The van der Waals surface area contributed by atoms with Crippen LogP contribution >= 0.6 is 34.5 Å². The molecule has 3 heterocycles. The Balaban J connectivity index is 1.38. The Kier molecular flexibility index (Phi) is 6.53. The second-order valence-corrected chi connectivity index (χ2v) is 11.9. The number of nitrogens with zero attached hydrogens (tertiary/aromatic N) is 2. The summed E-state index contributed by atoms with van der Waals surface area (Å²) in [5.74, 6) is 0.598. The molecule has 1 atom stereocenters. The predicted octanol–water partition coefficient (Wildman–Crippen LogP) is 7.90. The van der Waals surface area contributed by atoms with Gasteiger partial charge in [0.2, 0.25) is 0 Å². The molecule has 1 unspecified atom stereocenters. The summed E-state index contributed by atoms with van der Waals surface area (Å²) in [5.41, 5.74) is 4.07. The standard InChI is InChI=1S/C32H19Cl2F3N2O2S/c33-20-9-12-23(25(34)15-20)29-24-11-8-17-4-1-2-7-22(17)28(24)38-31-39(29)30(40)27(42-31)16-21-10-13-26(41-21)18-5-3-6-19(14-18)32(35,36)37/h1-7,9-10,12-16,29H,8,11H2/b27-16-. The zero-order valence-electron chi connectivity index (χ0n) is 21.6. The highest BCUT2D eigenvalue weighted by Gasteiger charge is 2.34. The molecule has 0 saturated heterocycles. The van der Waals surface area contributed by atoms with E-state index in [1.807, 2.05) is 24.3 Å². The Morgan fingerprint density at radius 1 is 0.976 bits per heavy atom. The maximum absolute atomic E-state index is 14.0. The van der Waals surface area contributed by atoms with E-state index in [1.165, 1.54) is 23.0 Å². The van der Waals surface area contributed by atoms with Crippen molar-refractivity contribution in [2.75, 3.05) is 0 Å². The van der Waals surface area contributed by atoms with Gasteiger partial charge < -0.3 is 4.42 Å². The molecular weight excluding hydrogens is 604 g/mol. The molecule has 1 aliphatic heterocycles. The third-order valence-electron chi connectivity index (χ3n) is 7.50. The number of alkyl halides is 3. The van der Waals surface area contributed by atoms with Gasteiger partial charge in [0, 0.05) is 27.2 Å². The summed E-state index contributed by atoms with van der Waals surface area (Å²) in [6.45, 7) is 0. The maximum Gasteiger partial charge on any atom is 0.416 e. The molecule has 0 N–H and O–H groups in total. The molecule has 0 saturated carbocycles. The summed E-state index contributed by atoms with van der Waals surface area (Å²) in [4.78, 5) is 19.4. The lowest BCUT2D eigenvalue weighted by atomic mass is 9.83. The van der Waals surface area contributed by atoms with E-state index in [4.69, 9.17) is 32.6 Å². The summed E-state index contributed by atoms with van der Waals surface area (Å²) in [6.07, 6.45) is -1.36. The molecule has 10 heteroatoms. The van der Waals surface area contributed by atoms with E-state index >= 15 is 0 Å². The molecule has 5 aromatic rings. The molecule has 0 fully saturated rings. The van der Waals surface area contributed by atoms with E-state index in [2.05, 4.69) is 6.07 Å². The van der Waals surface area contributed by atoms with Crippen LogP contribution in [0.3, 0.4) is 0 Å². The summed E-state index contributed by atoms with van der Waals surface area (Å²) in [5, 5.41) is 0.945. The number of fused-ring (bicyclic) bond motifs is 3. The number of hydrogen-bond donors (Lipinski definition) is 0. The average Bonchev–Trinajstić information content (AvgIpc) is 3.56. The molecule has 210 valence electrons. The fourth-order valence-electron chi connectivity index (χ4n) is 5.59. The van der Waals surface area contributed by atoms with Crippen LogP contribution in [0.5, 0.6) is 0 Å². The van der Waals surface area contributed by atoms with Crippen LogP contribution in [-0.2, 0) is 12.6 Å².